The summed E-state index contributed by atoms with van der Waals surface area (Å²) in [7, 11) is 0. The molecule has 2 nitrogen and oxygen atoms in total. The second-order valence-electron chi connectivity index (χ2n) is 5.30. The number of aliphatic hydroxyl groups is 1. The van der Waals surface area contributed by atoms with E-state index in [4.69, 9.17) is 4.74 Å². The van der Waals surface area contributed by atoms with Crippen molar-refractivity contribution in [3.05, 3.63) is 34.9 Å². The monoisotopic (exact) mass is 232 g/mol. The molecule has 2 unspecified atom stereocenters. The highest BCUT2D eigenvalue weighted by Crippen LogP contribution is 2.31. The van der Waals surface area contributed by atoms with Crippen LogP contribution in [0, 0.1) is 5.92 Å². The quantitative estimate of drug-likeness (QED) is 0.849. The molecule has 2 aliphatic rings. The van der Waals surface area contributed by atoms with E-state index in [1.807, 2.05) is 0 Å². The summed E-state index contributed by atoms with van der Waals surface area (Å²) in [4.78, 5) is 0. The normalized spacial score (nSPS) is 25.6. The van der Waals surface area contributed by atoms with Crippen molar-refractivity contribution in [3.63, 3.8) is 0 Å². The summed E-state index contributed by atoms with van der Waals surface area (Å²) in [5.74, 6) is 0.281. The number of ether oxygens (including phenoxy) is 1. The molecule has 1 heterocycles. The molecule has 0 aromatic heterocycles. The van der Waals surface area contributed by atoms with Crippen molar-refractivity contribution >= 4 is 0 Å². The number of hydrogen-bond donors (Lipinski definition) is 1. The van der Waals surface area contributed by atoms with E-state index < -0.39 is 0 Å². The second kappa shape index (κ2) is 4.79. The maximum atomic E-state index is 10.4. The molecule has 1 aromatic rings. The highest BCUT2D eigenvalue weighted by Gasteiger charge is 2.24. The van der Waals surface area contributed by atoms with Gasteiger partial charge in [0.15, 0.2) is 0 Å². The molecular formula is C15H20O2. The zero-order valence-corrected chi connectivity index (χ0v) is 10.2. The molecule has 1 aromatic carbocycles. The zero-order chi connectivity index (χ0) is 11.7. The topological polar surface area (TPSA) is 29.5 Å². The van der Waals surface area contributed by atoms with E-state index >= 15 is 0 Å². The van der Waals surface area contributed by atoms with E-state index in [2.05, 4.69) is 18.2 Å². The molecule has 0 saturated carbocycles. The first-order valence-electron chi connectivity index (χ1n) is 6.72. The van der Waals surface area contributed by atoms with Crippen molar-refractivity contribution in [2.24, 2.45) is 5.92 Å². The minimum atomic E-state index is -0.346. The average Bonchev–Trinajstić information content (AvgIpc) is 2.86. The lowest BCUT2D eigenvalue weighted by Crippen LogP contribution is -2.23. The van der Waals surface area contributed by atoms with Crippen molar-refractivity contribution in [1.29, 1.82) is 0 Å². The Balaban J connectivity index is 1.78. The first-order valence-corrected chi connectivity index (χ1v) is 6.72. The van der Waals surface area contributed by atoms with Gasteiger partial charge in [0.2, 0.25) is 0 Å². The highest BCUT2D eigenvalue weighted by molar-refractivity contribution is 5.36. The third kappa shape index (κ3) is 2.24. The van der Waals surface area contributed by atoms with Gasteiger partial charge in [0.05, 0.1) is 12.7 Å². The van der Waals surface area contributed by atoms with Crippen LogP contribution in [0.2, 0.25) is 0 Å². The van der Waals surface area contributed by atoms with Gasteiger partial charge in [-0.05, 0) is 48.8 Å². The summed E-state index contributed by atoms with van der Waals surface area (Å²) in [5.41, 5.74) is 4.00. The lowest BCUT2D eigenvalue weighted by Gasteiger charge is -2.27. The summed E-state index contributed by atoms with van der Waals surface area (Å²) in [6.45, 7) is 1.56. The third-order valence-corrected chi connectivity index (χ3v) is 4.11. The van der Waals surface area contributed by atoms with Gasteiger partial charge in [-0.15, -0.1) is 0 Å². The molecule has 2 atom stereocenters. The second-order valence-corrected chi connectivity index (χ2v) is 5.30. The Bertz CT molecular complexity index is 394. The van der Waals surface area contributed by atoms with Gasteiger partial charge in [0, 0.05) is 12.5 Å². The number of aliphatic hydroxyl groups excluding tert-OH is 1. The largest absolute Gasteiger partial charge is 0.388 e. The predicted molar refractivity (Wildman–Crippen MR) is 67.0 cm³/mol. The number of rotatable bonds is 2. The van der Waals surface area contributed by atoms with Gasteiger partial charge < -0.3 is 9.84 Å². The Morgan fingerprint density at radius 2 is 2.06 bits per heavy atom. The van der Waals surface area contributed by atoms with Gasteiger partial charge in [-0.2, -0.15) is 0 Å². The fourth-order valence-corrected chi connectivity index (χ4v) is 3.06. The molecule has 0 amide bonds. The van der Waals surface area contributed by atoms with Crippen molar-refractivity contribution in [2.75, 3.05) is 13.2 Å². The molecule has 92 valence electrons. The first-order chi connectivity index (χ1) is 8.34. The Kier molecular flexibility index (Phi) is 3.17. The molecule has 1 aliphatic heterocycles. The van der Waals surface area contributed by atoms with Crippen LogP contribution >= 0.6 is 0 Å². The van der Waals surface area contributed by atoms with Crippen LogP contribution in [0.15, 0.2) is 18.2 Å². The standard InChI is InChI=1S/C15H20O2/c16-15(14-5-2-8-17-10-14)13-7-6-11-3-1-4-12(11)9-13/h6-7,9,14-16H,1-5,8,10H2. The fraction of sp³-hybridized carbons (Fsp3) is 0.600. The van der Waals surface area contributed by atoms with E-state index in [9.17, 15) is 5.11 Å². The Labute approximate surface area is 103 Å². The van der Waals surface area contributed by atoms with Crippen molar-refractivity contribution in [1.82, 2.24) is 0 Å². The Hall–Kier alpha value is -0.860. The van der Waals surface area contributed by atoms with Gasteiger partial charge in [0.25, 0.3) is 0 Å². The molecular weight excluding hydrogens is 212 g/mol. The fourth-order valence-electron chi connectivity index (χ4n) is 3.06. The molecule has 0 spiro atoms. The zero-order valence-electron chi connectivity index (χ0n) is 10.2. The summed E-state index contributed by atoms with van der Waals surface area (Å²) in [6.07, 6.45) is 5.46. The van der Waals surface area contributed by atoms with Gasteiger partial charge in [-0.3, -0.25) is 0 Å². The van der Waals surface area contributed by atoms with Crippen LogP contribution in [0.3, 0.4) is 0 Å². The first kappa shape index (κ1) is 11.2. The molecule has 1 saturated heterocycles. The molecule has 0 radical (unpaired) electrons. The van der Waals surface area contributed by atoms with E-state index in [0.717, 1.165) is 25.0 Å². The smallest absolute Gasteiger partial charge is 0.0840 e. The van der Waals surface area contributed by atoms with Crippen molar-refractivity contribution in [3.8, 4) is 0 Å². The SMILES string of the molecule is OC(c1ccc2c(c1)CCC2)C1CCCOC1. The summed E-state index contributed by atoms with van der Waals surface area (Å²) < 4.78 is 5.46. The maximum Gasteiger partial charge on any atom is 0.0840 e. The van der Waals surface area contributed by atoms with Crippen LogP contribution in [0.1, 0.15) is 42.1 Å². The molecule has 17 heavy (non-hydrogen) atoms. The van der Waals surface area contributed by atoms with Crippen LogP contribution < -0.4 is 0 Å². The molecule has 2 heteroatoms. The van der Waals surface area contributed by atoms with Crippen LogP contribution in [-0.4, -0.2) is 18.3 Å². The summed E-state index contributed by atoms with van der Waals surface area (Å²) >= 11 is 0. The average molecular weight is 232 g/mol. The molecule has 1 aliphatic carbocycles. The minimum absolute atomic E-state index is 0.281. The highest BCUT2D eigenvalue weighted by atomic mass is 16.5. The number of fused-ring (bicyclic) bond motifs is 1. The van der Waals surface area contributed by atoms with Gasteiger partial charge in [-0.1, -0.05) is 18.2 Å². The van der Waals surface area contributed by atoms with Crippen molar-refractivity contribution < 1.29 is 9.84 Å². The summed E-state index contributed by atoms with van der Waals surface area (Å²) in [5, 5.41) is 10.4. The van der Waals surface area contributed by atoms with Gasteiger partial charge in [-0.25, -0.2) is 0 Å². The van der Waals surface area contributed by atoms with E-state index in [1.165, 1.54) is 30.4 Å². The van der Waals surface area contributed by atoms with Gasteiger partial charge >= 0.3 is 0 Å². The Morgan fingerprint density at radius 1 is 1.18 bits per heavy atom. The number of benzene rings is 1. The summed E-state index contributed by atoms with van der Waals surface area (Å²) in [6, 6.07) is 6.51. The molecule has 0 bridgehead atoms. The lowest BCUT2D eigenvalue weighted by molar-refractivity contribution is -0.00998. The molecule has 1 N–H and O–H groups in total. The molecule has 3 rings (SSSR count). The van der Waals surface area contributed by atoms with E-state index in [0.29, 0.717) is 6.61 Å². The van der Waals surface area contributed by atoms with Gasteiger partial charge in [0.1, 0.15) is 0 Å². The van der Waals surface area contributed by atoms with E-state index in [-0.39, 0.29) is 12.0 Å². The number of aryl methyl sites for hydroxylation is 2. The van der Waals surface area contributed by atoms with E-state index in [1.54, 1.807) is 0 Å². The minimum Gasteiger partial charge on any atom is -0.388 e. The third-order valence-electron chi connectivity index (χ3n) is 4.11. The Morgan fingerprint density at radius 3 is 2.88 bits per heavy atom. The van der Waals surface area contributed by atoms with Crippen LogP contribution in [0.4, 0.5) is 0 Å². The van der Waals surface area contributed by atoms with Crippen LogP contribution in [0.25, 0.3) is 0 Å². The predicted octanol–water partition coefficient (Wildman–Crippen LogP) is 2.64. The van der Waals surface area contributed by atoms with Crippen LogP contribution in [0.5, 0.6) is 0 Å². The lowest BCUT2D eigenvalue weighted by atomic mass is 9.90. The number of hydrogen-bond acceptors (Lipinski definition) is 2. The van der Waals surface area contributed by atoms with Crippen LogP contribution in [-0.2, 0) is 17.6 Å². The maximum absolute atomic E-state index is 10.4. The molecule has 1 fully saturated rings. The van der Waals surface area contributed by atoms with Crippen molar-refractivity contribution in [2.45, 2.75) is 38.2 Å².